The third-order valence-corrected chi connectivity index (χ3v) is 18.2. The quantitative estimate of drug-likeness (QED) is 0.0528. The SMILES string of the molecule is COCC(CCO)c1c(CO)c2ccc3c(c2oc1=O)C1OC(=O)CC2CC(c4cccc(Cc5ccccc5)c4)CCC2c2ccc(cc2)CCC(=C(C)CO)C(=O)OC1C1(O3)C2C=CC3CCCC(CC2)C31. The van der Waals surface area contributed by atoms with Gasteiger partial charge in [0, 0.05) is 54.4 Å². The number of methoxy groups -OCH3 is 1. The molecule has 0 amide bonds. The highest BCUT2D eigenvalue weighted by atomic mass is 16.6. The zero-order chi connectivity index (χ0) is 51.1. The van der Waals surface area contributed by atoms with E-state index in [0.717, 1.165) is 68.9 Å². The van der Waals surface area contributed by atoms with Crippen molar-refractivity contribution in [2.45, 2.75) is 133 Å². The van der Waals surface area contributed by atoms with Gasteiger partial charge in [0.05, 0.1) is 25.4 Å². The minimum atomic E-state index is -1.30. The number of fused-ring (bicyclic) bond motifs is 11. The summed E-state index contributed by atoms with van der Waals surface area (Å²) in [5.74, 6) is -1.06. The van der Waals surface area contributed by atoms with Crippen molar-refractivity contribution in [1.29, 1.82) is 0 Å². The van der Waals surface area contributed by atoms with Crippen LogP contribution in [0.25, 0.3) is 11.0 Å². The number of aryl methyl sites for hydroxylation is 1. The van der Waals surface area contributed by atoms with Crippen LogP contribution in [0.4, 0.5) is 0 Å². The zero-order valence-corrected chi connectivity index (χ0v) is 42.7. The molecule has 1 spiro atoms. The lowest BCUT2D eigenvalue weighted by Gasteiger charge is -2.62. The van der Waals surface area contributed by atoms with Gasteiger partial charge >= 0.3 is 17.6 Å². The molecular formula is C63H70O11. The number of hydrogen-bond acceptors (Lipinski definition) is 11. The van der Waals surface area contributed by atoms with Crippen LogP contribution in [0.3, 0.4) is 0 Å². The minimum Gasteiger partial charge on any atom is -0.482 e. The molecule has 0 saturated heterocycles. The molecule has 74 heavy (non-hydrogen) atoms. The van der Waals surface area contributed by atoms with Crippen LogP contribution in [0.15, 0.2) is 124 Å². The lowest BCUT2D eigenvalue weighted by Crippen LogP contribution is -2.69. The van der Waals surface area contributed by atoms with Crippen LogP contribution in [-0.4, -0.2) is 65.9 Å². The Balaban J connectivity index is 1.07. The molecule has 5 aromatic rings. The Morgan fingerprint density at radius 3 is 2.42 bits per heavy atom. The standard InChI is InChI=1S/C63H70O11/c1-37(34-65)49-24-16-38-14-17-41(18-15-38)50-25-21-45(44-13-6-10-40(31-44)30-39-8-4-3-5-9-39)32-47(50)33-54(67)71-59-56-53(27-26-51-52(35-66)55(62(69)72-58(51)56)46(28-29-64)36-70-2)74-63(60(59)73-61(49)68)48-22-19-42-11-7-12-43(20-23-48)57(42)63/h3-6,8-10,13-15,17-19,22,26-27,31,42-43,45-48,50,57,59-60,64-66H,7,11-12,16,20-21,23-25,28-30,32-36H2,1-2H3. The minimum absolute atomic E-state index is 0.0628. The van der Waals surface area contributed by atoms with Gasteiger partial charge in [0.15, 0.2) is 17.8 Å². The summed E-state index contributed by atoms with van der Waals surface area (Å²) in [6.45, 7) is 0.759. The Morgan fingerprint density at radius 1 is 0.811 bits per heavy atom. The van der Waals surface area contributed by atoms with Gasteiger partial charge in [-0.2, -0.15) is 0 Å². The molecule has 388 valence electrons. The molecule has 4 aromatic carbocycles. The predicted molar refractivity (Wildman–Crippen MR) is 281 cm³/mol. The second-order valence-corrected chi connectivity index (χ2v) is 22.2. The Kier molecular flexibility index (Phi) is 14.6. The molecule has 12 rings (SSSR count). The fourth-order valence-corrected chi connectivity index (χ4v) is 14.8. The number of carbonyl (C=O) groups is 2. The molecule has 3 aliphatic heterocycles. The molecule has 3 N–H and O–H groups in total. The van der Waals surface area contributed by atoms with Crippen molar-refractivity contribution < 1.29 is 48.3 Å². The molecule has 3 saturated carbocycles. The highest BCUT2D eigenvalue weighted by molar-refractivity contribution is 5.90. The van der Waals surface area contributed by atoms with E-state index in [4.69, 9.17) is 23.4 Å². The van der Waals surface area contributed by atoms with Gasteiger partial charge in [0.2, 0.25) is 0 Å². The summed E-state index contributed by atoms with van der Waals surface area (Å²) in [6.07, 6.45) is 11.3. The molecule has 7 aliphatic rings. The Hall–Kier alpha value is -5.85. The molecule has 11 nitrogen and oxygen atoms in total. The maximum atomic E-state index is 15.5. The van der Waals surface area contributed by atoms with E-state index in [9.17, 15) is 20.1 Å². The van der Waals surface area contributed by atoms with Crippen molar-refractivity contribution in [3.8, 4) is 5.75 Å². The number of benzene rings is 4. The lowest BCUT2D eigenvalue weighted by atomic mass is 9.50. The number of allylic oxidation sites excluding steroid dienone is 1. The monoisotopic (exact) mass is 1000 g/mol. The van der Waals surface area contributed by atoms with Crippen molar-refractivity contribution in [1.82, 2.24) is 0 Å². The summed E-state index contributed by atoms with van der Waals surface area (Å²) in [6, 6.07) is 31.6. The molecular weight excluding hydrogens is 933 g/mol. The van der Waals surface area contributed by atoms with Crippen molar-refractivity contribution in [2.24, 2.45) is 29.6 Å². The lowest BCUT2D eigenvalue weighted by molar-refractivity contribution is -0.235. The van der Waals surface area contributed by atoms with Crippen LogP contribution in [0, 0.1) is 29.6 Å². The van der Waals surface area contributed by atoms with Gasteiger partial charge in [-0.15, -0.1) is 0 Å². The number of aliphatic hydroxyl groups is 3. The summed E-state index contributed by atoms with van der Waals surface area (Å²) in [5.41, 5.74) is 5.78. The van der Waals surface area contributed by atoms with E-state index < -0.39 is 47.9 Å². The number of esters is 2. The first-order valence-corrected chi connectivity index (χ1v) is 27.2. The third-order valence-electron chi connectivity index (χ3n) is 18.2. The summed E-state index contributed by atoms with van der Waals surface area (Å²) < 4.78 is 33.6. The fourth-order valence-electron chi connectivity index (χ4n) is 14.8. The first-order chi connectivity index (χ1) is 36.1. The summed E-state index contributed by atoms with van der Waals surface area (Å²) >= 11 is 0. The third kappa shape index (κ3) is 9.26. The molecule has 4 heterocycles. The van der Waals surface area contributed by atoms with Crippen LogP contribution in [0.5, 0.6) is 5.75 Å². The van der Waals surface area contributed by atoms with Crippen molar-refractivity contribution in [3.63, 3.8) is 0 Å². The molecule has 0 radical (unpaired) electrons. The van der Waals surface area contributed by atoms with Gasteiger partial charge < -0.3 is 38.7 Å². The number of ether oxygens (including phenoxy) is 4. The van der Waals surface area contributed by atoms with Crippen LogP contribution < -0.4 is 10.4 Å². The second kappa shape index (κ2) is 21.4. The molecule has 11 atom stereocenters. The largest absolute Gasteiger partial charge is 0.482 e. The predicted octanol–water partition coefficient (Wildman–Crippen LogP) is 10.6. The van der Waals surface area contributed by atoms with Gasteiger partial charge in [0.25, 0.3) is 0 Å². The van der Waals surface area contributed by atoms with E-state index in [2.05, 4.69) is 84.9 Å². The molecule has 4 aliphatic carbocycles. The molecule has 1 aromatic heterocycles. The Morgan fingerprint density at radius 2 is 1.64 bits per heavy atom. The molecule has 3 fully saturated rings. The maximum absolute atomic E-state index is 15.5. The molecule has 11 heteroatoms. The van der Waals surface area contributed by atoms with Crippen LogP contribution in [0.2, 0.25) is 0 Å². The summed E-state index contributed by atoms with van der Waals surface area (Å²) in [4.78, 5) is 45.4. The summed E-state index contributed by atoms with van der Waals surface area (Å²) in [5, 5.41) is 32.3. The van der Waals surface area contributed by atoms with Gasteiger partial charge in [-0.05, 0) is 158 Å². The number of hydrogen-bond donors (Lipinski definition) is 3. The second-order valence-electron chi connectivity index (χ2n) is 22.2. The van der Waals surface area contributed by atoms with Crippen LogP contribution >= 0.6 is 0 Å². The Labute approximate surface area is 433 Å². The smallest absolute Gasteiger partial charge is 0.340 e. The molecule has 11 unspecified atom stereocenters. The van der Waals surface area contributed by atoms with Crippen molar-refractivity contribution >= 4 is 22.9 Å². The normalized spacial score (nSPS) is 29.6. The zero-order valence-electron chi connectivity index (χ0n) is 42.7. The van der Waals surface area contributed by atoms with E-state index >= 15 is 9.59 Å². The van der Waals surface area contributed by atoms with Gasteiger partial charge in [0.1, 0.15) is 11.3 Å². The van der Waals surface area contributed by atoms with Gasteiger partial charge in [-0.1, -0.05) is 97.4 Å². The van der Waals surface area contributed by atoms with E-state index in [1.54, 1.807) is 13.0 Å². The highest BCUT2D eigenvalue weighted by Gasteiger charge is 2.67. The fraction of sp³-hybridized carbons (Fsp3) is 0.476. The van der Waals surface area contributed by atoms with Crippen molar-refractivity contribution in [2.75, 3.05) is 26.9 Å². The van der Waals surface area contributed by atoms with E-state index in [1.807, 2.05) is 12.1 Å². The van der Waals surface area contributed by atoms with Gasteiger partial charge in [-0.25, -0.2) is 9.59 Å². The Bertz CT molecular complexity index is 2980. The van der Waals surface area contributed by atoms with Crippen LogP contribution in [0.1, 0.15) is 146 Å². The van der Waals surface area contributed by atoms with E-state index in [1.165, 1.54) is 23.8 Å². The number of carbonyl (C=O) groups excluding carboxylic acids is 2. The van der Waals surface area contributed by atoms with E-state index in [-0.39, 0.29) is 90.8 Å². The summed E-state index contributed by atoms with van der Waals surface area (Å²) in [7, 11) is 1.52. The average Bonchev–Trinajstić information content (AvgIpc) is 3.42. The molecule has 4 bridgehead atoms. The number of rotatable bonds is 10. The topological polar surface area (TPSA) is 162 Å². The first kappa shape index (κ1) is 50.3. The van der Waals surface area contributed by atoms with Crippen LogP contribution in [-0.2, 0) is 43.2 Å². The van der Waals surface area contributed by atoms with E-state index in [0.29, 0.717) is 40.7 Å². The number of aliphatic hydroxyl groups excluding tert-OH is 3. The first-order valence-electron chi connectivity index (χ1n) is 27.2. The highest BCUT2D eigenvalue weighted by Crippen LogP contribution is 2.63. The van der Waals surface area contributed by atoms with Gasteiger partial charge in [-0.3, -0.25) is 4.79 Å². The average molecular weight is 1000 g/mol. The maximum Gasteiger partial charge on any atom is 0.340 e. The van der Waals surface area contributed by atoms with Crippen molar-refractivity contribution in [3.05, 3.63) is 169 Å².